The Morgan fingerprint density at radius 2 is 1.68 bits per heavy atom. The summed E-state index contributed by atoms with van der Waals surface area (Å²) in [6, 6.07) is 6.60. The van der Waals surface area contributed by atoms with E-state index in [-0.39, 0.29) is 36.9 Å². The molecule has 8 nitrogen and oxygen atoms in total. The number of rotatable bonds is 10. The van der Waals surface area contributed by atoms with Crippen LogP contribution in [0.4, 0.5) is 4.48 Å². The zero-order valence-corrected chi connectivity index (χ0v) is 24.4. The molecule has 0 aliphatic rings. The lowest BCUT2D eigenvalue weighted by molar-refractivity contribution is -0.138. The van der Waals surface area contributed by atoms with Gasteiger partial charge in [0.05, 0.1) is 6.54 Å². The third-order valence-corrected chi connectivity index (χ3v) is 5.39. The number of carboxylic acid groups (broad SMARTS) is 1. The maximum Gasteiger partial charge on any atom is 0.331 e. The van der Waals surface area contributed by atoms with E-state index in [0.717, 1.165) is 11.1 Å². The van der Waals surface area contributed by atoms with E-state index in [4.69, 9.17) is 5.11 Å². The molecule has 0 saturated heterocycles. The van der Waals surface area contributed by atoms with Crippen molar-refractivity contribution in [3.63, 3.8) is 0 Å². The van der Waals surface area contributed by atoms with Gasteiger partial charge in [0, 0.05) is 25.6 Å². The largest absolute Gasteiger partial charge is 0.478 e. The molecule has 0 bridgehead atoms. The summed E-state index contributed by atoms with van der Waals surface area (Å²) in [4.78, 5) is 38.4. The van der Waals surface area contributed by atoms with Crippen LogP contribution in [0.1, 0.15) is 79.4 Å². The molecule has 1 atom stereocenters. The second-order valence-electron chi connectivity index (χ2n) is 10.6. The minimum absolute atomic E-state index is 0.0822. The lowest BCUT2D eigenvalue weighted by Gasteiger charge is -2.34. The summed E-state index contributed by atoms with van der Waals surface area (Å²) in [6.45, 7) is 15.4. The Morgan fingerprint density at radius 3 is 2.14 bits per heavy atom. The molecule has 2 amide bonds. The van der Waals surface area contributed by atoms with Gasteiger partial charge in [0.25, 0.3) is 0 Å². The highest BCUT2D eigenvalue weighted by atomic mass is 19.2. The lowest BCUT2D eigenvalue weighted by atomic mass is 9.80. The standard InChI is InChI=1S/C24H36FN3O4.C3H8.CH5N/c1-16(22(31)32)11-12-28(7)21(30)20(23(2,3)4)27-19(29)14-24(5,6)18-10-8-9-17(13-18)15-26-25;1-3-2;1-2/h8-11,13,20,26H,12,14-15H2,1-7H3,(H,27,29)(H,31,32);3H2,1-2H3;2H2,1H3/b16-11+;;. The molecule has 1 aromatic carbocycles. The molecule has 0 aliphatic carbocycles. The Labute approximate surface area is 222 Å². The molecule has 9 heteroatoms. The molecule has 0 aliphatic heterocycles. The Bertz CT molecular complexity index is 879. The van der Waals surface area contributed by atoms with Crippen molar-refractivity contribution >= 4 is 17.8 Å². The lowest BCUT2D eigenvalue weighted by Crippen LogP contribution is -2.54. The Morgan fingerprint density at radius 1 is 1.14 bits per heavy atom. The first kappa shape index (κ1) is 36.4. The first-order valence-electron chi connectivity index (χ1n) is 12.6. The summed E-state index contributed by atoms with van der Waals surface area (Å²) < 4.78 is 12.5. The van der Waals surface area contributed by atoms with E-state index >= 15 is 0 Å². The van der Waals surface area contributed by atoms with Gasteiger partial charge in [0.1, 0.15) is 6.04 Å². The molecule has 0 saturated carbocycles. The van der Waals surface area contributed by atoms with Crippen LogP contribution in [0, 0.1) is 5.41 Å². The molecule has 212 valence electrons. The SMILES string of the molecule is C/C(=C\CN(C)C(=O)C(NC(=O)CC(C)(C)c1cccc(CNF)c1)C(C)(C)C)C(=O)O.CCC.CN. The predicted octanol–water partition coefficient (Wildman–Crippen LogP) is 4.34. The zero-order valence-electron chi connectivity index (χ0n) is 24.4. The van der Waals surface area contributed by atoms with Crippen molar-refractivity contribution in [2.24, 2.45) is 11.1 Å². The highest BCUT2D eigenvalue weighted by molar-refractivity contribution is 5.89. The molecule has 0 aromatic heterocycles. The maximum atomic E-state index is 13.1. The third kappa shape index (κ3) is 13.9. The molecule has 37 heavy (non-hydrogen) atoms. The van der Waals surface area contributed by atoms with E-state index < -0.39 is 22.8 Å². The van der Waals surface area contributed by atoms with E-state index in [1.54, 1.807) is 18.7 Å². The van der Waals surface area contributed by atoms with Crippen molar-refractivity contribution in [2.75, 3.05) is 20.6 Å². The Kier molecular flexibility index (Phi) is 17.3. The molecule has 1 aromatic rings. The molecular formula is C28H49FN4O4. The molecular weight excluding hydrogens is 475 g/mol. The maximum absolute atomic E-state index is 13.1. The first-order valence-corrected chi connectivity index (χ1v) is 12.6. The number of carbonyl (C=O) groups is 3. The van der Waals surface area contributed by atoms with Crippen molar-refractivity contribution in [2.45, 2.75) is 86.2 Å². The number of aliphatic carboxylic acids is 1. The van der Waals surface area contributed by atoms with Gasteiger partial charge in [0.15, 0.2) is 0 Å². The van der Waals surface area contributed by atoms with Crippen molar-refractivity contribution in [1.82, 2.24) is 15.8 Å². The molecule has 5 N–H and O–H groups in total. The molecule has 0 heterocycles. The fraction of sp³-hybridized carbons (Fsp3) is 0.607. The fourth-order valence-electron chi connectivity index (χ4n) is 3.22. The number of halogens is 1. The van der Waals surface area contributed by atoms with Crippen LogP contribution in [-0.4, -0.2) is 54.5 Å². The predicted molar refractivity (Wildman–Crippen MR) is 149 cm³/mol. The molecule has 0 fully saturated rings. The molecule has 1 rings (SSSR count). The van der Waals surface area contributed by atoms with Gasteiger partial charge >= 0.3 is 5.97 Å². The van der Waals surface area contributed by atoms with Gasteiger partial charge in [0.2, 0.25) is 11.8 Å². The van der Waals surface area contributed by atoms with Crippen molar-refractivity contribution in [3.8, 4) is 0 Å². The Balaban J connectivity index is 0. The molecule has 1 unspecified atom stereocenters. The van der Waals surface area contributed by atoms with Crippen LogP contribution >= 0.6 is 0 Å². The number of nitrogens with zero attached hydrogens (tertiary/aromatic N) is 1. The van der Waals surface area contributed by atoms with E-state index in [0.29, 0.717) is 0 Å². The summed E-state index contributed by atoms with van der Waals surface area (Å²) >= 11 is 0. The van der Waals surface area contributed by atoms with Crippen LogP contribution in [0.3, 0.4) is 0 Å². The summed E-state index contributed by atoms with van der Waals surface area (Å²) in [5, 5.41) is 11.9. The number of likely N-dealkylation sites (N-methyl/N-ethyl adjacent to an activating group) is 1. The zero-order chi connectivity index (χ0) is 29.4. The van der Waals surface area contributed by atoms with E-state index in [1.165, 1.54) is 31.4 Å². The number of carboxylic acids is 1. The minimum atomic E-state index is -1.04. The van der Waals surface area contributed by atoms with Gasteiger partial charge < -0.3 is 21.1 Å². The fourth-order valence-corrected chi connectivity index (χ4v) is 3.22. The summed E-state index contributed by atoms with van der Waals surface area (Å²) in [5.74, 6) is -1.61. The second-order valence-corrected chi connectivity index (χ2v) is 10.6. The van der Waals surface area contributed by atoms with Crippen molar-refractivity contribution in [3.05, 3.63) is 47.0 Å². The molecule has 0 spiro atoms. The van der Waals surface area contributed by atoms with Crippen LogP contribution in [0.15, 0.2) is 35.9 Å². The number of carbonyl (C=O) groups excluding carboxylic acids is 2. The number of hydrogen-bond acceptors (Lipinski definition) is 5. The van der Waals surface area contributed by atoms with Gasteiger partial charge in [-0.05, 0) is 35.9 Å². The summed E-state index contributed by atoms with van der Waals surface area (Å²) in [7, 11) is 3.08. The Hall–Kier alpha value is -2.78. The average Bonchev–Trinajstić information content (AvgIpc) is 2.81. The van der Waals surface area contributed by atoms with Gasteiger partial charge in [-0.2, -0.15) is 5.54 Å². The van der Waals surface area contributed by atoms with E-state index in [1.807, 2.05) is 52.8 Å². The van der Waals surface area contributed by atoms with Crippen LogP contribution in [0.2, 0.25) is 0 Å². The monoisotopic (exact) mass is 524 g/mol. The van der Waals surface area contributed by atoms with Gasteiger partial charge in [-0.25, -0.2) is 4.79 Å². The number of nitrogens with one attached hydrogen (secondary N) is 2. The van der Waals surface area contributed by atoms with Crippen LogP contribution in [0.25, 0.3) is 0 Å². The van der Waals surface area contributed by atoms with Gasteiger partial charge in [-0.15, -0.1) is 4.48 Å². The number of nitrogens with two attached hydrogens (primary N) is 1. The van der Waals surface area contributed by atoms with Crippen molar-refractivity contribution < 1.29 is 24.0 Å². The highest BCUT2D eigenvalue weighted by Crippen LogP contribution is 2.29. The quantitative estimate of drug-likeness (QED) is 0.267. The number of hydrogen-bond donors (Lipinski definition) is 4. The molecule has 0 radical (unpaired) electrons. The van der Waals surface area contributed by atoms with E-state index in [9.17, 15) is 18.9 Å². The van der Waals surface area contributed by atoms with E-state index in [2.05, 4.69) is 24.9 Å². The average molecular weight is 525 g/mol. The number of benzene rings is 1. The topological polar surface area (TPSA) is 125 Å². The van der Waals surface area contributed by atoms with Crippen molar-refractivity contribution in [1.29, 1.82) is 0 Å². The second kappa shape index (κ2) is 17.6. The summed E-state index contributed by atoms with van der Waals surface area (Å²) in [5.41, 5.74) is 6.86. The normalized spacial score (nSPS) is 12.3. The highest BCUT2D eigenvalue weighted by Gasteiger charge is 2.36. The van der Waals surface area contributed by atoms with Crippen LogP contribution in [0.5, 0.6) is 0 Å². The first-order chi connectivity index (χ1) is 17.1. The number of amides is 2. The van der Waals surface area contributed by atoms with Crippen LogP contribution < -0.4 is 16.6 Å². The minimum Gasteiger partial charge on any atom is -0.478 e. The summed E-state index contributed by atoms with van der Waals surface area (Å²) in [6.07, 6.45) is 2.85. The third-order valence-electron chi connectivity index (χ3n) is 5.39. The van der Waals surface area contributed by atoms with Gasteiger partial charge in [-0.3, -0.25) is 9.59 Å². The smallest absolute Gasteiger partial charge is 0.331 e. The van der Waals surface area contributed by atoms with Crippen LogP contribution in [-0.2, 0) is 26.3 Å². The van der Waals surface area contributed by atoms with Gasteiger partial charge in [-0.1, -0.05) is 85.2 Å².